The molecule has 0 aliphatic rings. The SMILES string of the molecule is Cc1cc(C(O)C(CN)c2ccc(Cl)cc2Cl)ccc1Cl. The Labute approximate surface area is 139 Å². The van der Waals surface area contributed by atoms with Crippen molar-refractivity contribution in [3.8, 4) is 0 Å². The van der Waals surface area contributed by atoms with Gasteiger partial charge in [0.1, 0.15) is 0 Å². The predicted octanol–water partition coefficient (Wildman–Crippen LogP) is 4.73. The number of aryl methyl sites for hydroxylation is 1. The van der Waals surface area contributed by atoms with E-state index in [4.69, 9.17) is 40.5 Å². The maximum Gasteiger partial charge on any atom is 0.0871 e. The lowest BCUT2D eigenvalue weighted by Crippen LogP contribution is -2.20. The molecule has 0 bridgehead atoms. The maximum atomic E-state index is 10.6. The summed E-state index contributed by atoms with van der Waals surface area (Å²) in [7, 11) is 0. The fraction of sp³-hybridized carbons (Fsp3) is 0.250. The van der Waals surface area contributed by atoms with Gasteiger partial charge in [0.25, 0.3) is 0 Å². The second-order valence-corrected chi connectivity index (χ2v) is 6.21. The molecule has 2 rings (SSSR count). The Bertz CT molecular complexity index is 645. The Morgan fingerprint density at radius 3 is 2.33 bits per heavy atom. The van der Waals surface area contributed by atoms with E-state index in [0.29, 0.717) is 15.1 Å². The van der Waals surface area contributed by atoms with E-state index in [1.54, 1.807) is 30.3 Å². The molecule has 2 unspecified atom stereocenters. The fourth-order valence-electron chi connectivity index (χ4n) is 2.31. The number of hydrogen-bond acceptors (Lipinski definition) is 2. The largest absolute Gasteiger partial charge is 0.388 e. The van der Waals surface area contributed by atoms with Gasteiger partial charge in [0, 0.05) is 27.5 Å². The summed E-state index contributed by atoms with van der Waals surface area (Å²) in [6.45, 7) is 2.16. The van der Waals surface area contributed by atoms with Crippen LogP contribution in [0.25, 0.3) is 0 Å². The predicted molar refractivity (Wildman–Crippen MR) is 89.4 cm³/mol. The molecule has 0 amide bonds. The van der Waals surface area contributed by atoms with Crippen molar-refractivity contribution in [2.24, 2.45) is 5.73 Å². The van der Waals surface area contributed by atoms with Crippen molar-refractivity contribution in [3.63, 3.8) is 0 Å². The van der Waals surface area contributed by atoms with Crippen LogP contribution in [0.15, 0.2) is 36.4 Å². The van der Waals surface area contributed by atoms with Gasteiger partial charge in [-0.25, -0.2) is 0 Å². The highest BCUT2D eigenvalue weighted by atomic mass is 35.5. The number of halogens is 3. The van der Waals surface area contributed by atoms with Gasteiger partial charge in [-0.15, -0.1) is 0 Å². The fourth-order valence-corrected chi connectivity index (χ4v) is 2.98. The summed E-state index contributed by atoms with van der Waals surface area (Å²) >= 11 is 18.1. The molecule has 2 nitrogen and oxygen atoms in total. The zero-order valence-corrected chi connectivity index (χ0v) is 13.8. The normalized spacial score (nSPS) is 14.0. The van der Waals surface area contributed by atoms with Gasteiger partial charge in [0.2, 0.25) is 0 Å². The summed E-state index contributed by atoms with van der Waals surface area (Å²) < 4.78 is 0. The Hall–Kier alpha value is -0.770. The summed E-state index contributed by atoms with van der Waals surface area (Å²) in [4.78, 5) is 0. The van der Waals surface area contributed by atoms with E-state index in [-0.39, 0.29) is 12.5 Å². The standard InChI is InChI=1S/C16H16Cl3NO/c1-9-6-10(2-5-14(9)18)16(21)13(8-20)12-4-3-11(17)7-15(12)19/h2-7,13,16,21H,8,20H2,1H3. The summed E-state index contributed by atoms with van der Waals surface area (Å²) in [6, 6.07) is 10.6. The Morgan fingerprint density at radius 2 is 1.76 bits per heavy atom. The van der Waals surface area contributed by atoms with Gasteiger partial charge in [-0.3, -0.25) is 0 Å². The van der Waals surface area contributed by atoms with Gasteiger partial charge in [0.15, 0.2) is 0 Å². The van der Waals surface area contributed by atoms with Crippen LogP contribution >= 0.6 is 34.8 Å². The van der Waals surface area contributed by atoms with Crippen molar-refractivity contribution in [1.82, 2.24) is 0 Å². The van der Waals surface area contributed by atoms with Crippen LogP contribution < -0.4 is 5.73 Å². The molecule has 0 saturated heterocycles. The molecule has 112 valence electrons. The molecule has 2 atom stereocenters. The molecule has 0 spiro atoms. The third-order valence-corrected chi connectivity index (χ3v) is 4.51. The van der Waals surface area contributed by atoms with Crippen LogP contribution in [-0.2, 0) is 0 Å². The smallest absolute Gasteiger partial charge is 0.0871 e. The molecule has 0 aromatic heterocycles. The third-order valence-electron chi connectivity index (χ3n) is 3.52. The lowest BCUT2D eigenvalue weighted by atomic mass is 9.88. The van der Waals surface area contributed by atoms with Crippen LogP contribution in [0.5, 0.6) is 0 Å². The van der Waals surface area contributed by atoms with Crippen molar-refractivity contribution in [1.29, 1.82) is 0 Å². The van der Waals surface area contributed by atoms with E-state index in [0.717, 1.165) is 16.7 Å². The quantitative estimate of drug-likeness (QED) is 0.842. The molecule has 3 N–H and O–H groups in total. The Kier molecular flexibility index (Phi) is 5.53. The van der Waals surface area contributed by atoms with Crippen LogP contribution in [-0.4, -0.2) is 11.7 Å². The molecule has 0 fully saturated rings. The second kappa shape index (κ2) is 6.99. The first kappa shape index (κ1) is 16.6. The van der Waals surface area contributed by atoms with Gasteiger partial charge in [-0.2, -0.15) is 0 Å². The first-order valence-corrected chi connectivity index (χ1v) is 7.66. The highest BCUT2D eigenvalue weighted by Crippen LogP contribution is 2.36. The number of benzene rings is 2. The maximum absolute atomic E-state index is 10.6. The van der Waals surface area contributed by atoms with Crippen LogP contribution in [0, 0.1) is 6.92 Å². The van der Waals surface area contributed by atoms with Gasteiger partial charge >= 0.3 is 0 Å². The third kappa shape index (κ3) is 3.71. The van der Waals surface area contributed by atoms with Crippen LogP contribution in [0.2, 0.25) is 15.1 Å². The van der Waals surface area contributed by atoms with E-state index >= 15 is 0 Å². The average Bonchev–Trinajstić information content (AvgIpc) is 2.44. The van der Waals surface area contributed by atoms with Gasteiger partial charge < -0.3 is 10.8 Å². The molecule has 21 heavy (non-hydrogen) atoms. The average molecular weight is 345 g/mol. The molecule has 2 aromatic rings. The van der Waals surface area contributed by atoms with Crippen molar-refractivity contribution in [3.05, 3.63) is 68.2 Å². The highest BCUT2D eigenvalue weighted by Gasteiger charge is 2.24. The molecule has 2 aromatic carbocycles. The lowest BCUT2D eigenvalue weighted by molar-refractivity contribution is 0.147. The first-order valence-electron chi connectivity index (χ1n) is 6.53. The summed E-state index contributed by atoms with van der Waals surface area (Å²) in [5, 5.41) is 12.3. The molecule has 5 heteroatoms. The van der Waals surface area contributed by atoms with E-state index in [1.807, 2.05) is 13.0 Å². The Balaban J connectivity index is 2.37. The zero-order valence-electron chi connectivity index (χ0n) is 11.5. The molecule has 0 aliphatic heterocycles. The minimum atomic E-state index is -0.760. The number of nitrogens with two attached hydrogens (primary N) is 1. The van der Waals surface area contributed by atoms with Crippen molar-refractivity contribution >= 4 is 34.8 Å². The highest BCUT2D eigenvalue weighted by molar-refractivity contribution is 6.35. The second-order valence-electron chi connectivity index (χ2n) is 4.96. The number of rotatable bonds is 4. The Morgan fingerprint density at radius 1 is 1.05 bits per heavy atom. The topological polar surface area (TPSA) is 46.2 Å². The molecule has 0 heterocycles. The zero-order chi connectivity index (χ0) is 15.6. The molecular formula is C16H16Cl3NO. The van der Waals surface area contributed by atoms with E-state index < -0.39 is 6.10 Å². The van der Waals surface area contributed by atoms with Crippen LogP contribution in [0.4, 0.5) is 0 Å². The van der Waals surface area contributed by atoms with E-state index in [1.165, 1.54) is 0 Å². The minimum Gasteiger partial charge on any atom is -0.388 e. The van der Waals surface area contributed by atoms with Crippen LogP contribution in [0.1, 0.15) is 28.7 Å². The number of aliphatic hydroxyl groups excluding tert-OH is 1. The summed E-state index contributed by atoms with van der Waals surface area (Å²) in [5.41, 5.74) is 8.29. The van der Waals surface area contributed by atoms with Crippen LogP contribution in [0.3, 0.4) is 0 Å². The summed E-state index contributed by atoms with van der Waals surface area (Å²) in [5.74, 6) is -0.310. The molecule has 0 radical (unpaired) electrons. The number of aliphatic hydroxyl groups is 1. The first-order chi connectivity index (χ1) is 9.93. The monoisotopic (exact) mass is 343 g/mol. The molecular weight excluding hydrogens is 329 g/mol. The van der Waals surface area contributed by atoms with Gasteiger partial charge in [0.05, 0.1) is 6.10 Å². The van der Waals surface area contributed by atoms with Crippen molar-refractivity contribution in [2.75, 3.05) is 6.54 Å². The van der Waals surface area contributed by atoms with Gasteiger partial charge in [-0.05, 0) is 41.8 Å². The van der Waals surface area contributed by atoms with Crippen molar-refractivity contribution < 1.29 is 5.11 Å². The number of hydrogen-bond donors (Lipinski definition) is 2. The van der Waals surface area contributed by atoms with E-state index in [2.05, 4.69) is 0 Å². The lowest BCUT2D eigenvalue weighted by Gasteiger charge is -2.24. The minimum absolute atomic E-state index is 0.268. The van der Waals surface area contributed by atoms with Crippen molar-refractivity contribution in [2.45, 2.75) is 18.9 Å². The summed E-state index contributed by atoms with van der Waals surface area (Å²) in [6.07, 6.45) is -0.760. The molecule has 0 aliphatic carbocycles. The van der Waals surface area contributed by atoms with E-state index in [9.17, 15) is 5.11 Å². The van der Waals surface area contributed by atoms with Gasteiger partial charge in [-0.1, -0.05) is 53.0 Å². The molecule has 0 saturated carbocycles.